The summed E-state index contributed by atoms with van der Waals surface area (Å²) in [6.45, 7) is 13.1. The summed E-state index contributed by atoms with van der Waals surface area (Å²) in [6, 6.07) is 3.99. The second kappa shape index (κ2) is 11.2. The number of piperidine rings is 1. The van der Waals surface area contributed by atoms with Crippen molar-refractivity contribution < 1.29 is 37.8 Å². The fourth-order valence-corrected chi connectivity index (χ4v) is 8.08. The molecule has 6 rings (SSSR count). The number of nitrogens with one attached hydrogen (secondary N) is 1. The first-order chi connectivity index (χ1) is 20.5. The van der Waals surface area contributed by atoms with E-state index in [1.165, 1.54) is 7.11 Å². The average molecular weight is 599 g/mol. The molecule has 0 spiro atoms. The van der Waals surface area contributed by atoms with Gasteiger partial charge in [-0.3, -0.25) is 4.90 Å². The average Bonchev–Trinajstić information content (AvgIpc) is 3.30. The maximum absolute atomic E-state index is 13.0. The lowest BCUT2D eigenvalue weighted by molar-refractivity contribution is -0.139. The molecule has 1 aromatic rings. The van der Waals surface area contributed by atoms with Gasteiger partial charge in [-0.05, 0) is 58.4 Å². The second-order valence-corrected chi connectivity index (χ2v) is 13.5. The molecule has 1 unspecified atom stereocenters. The number of carbonyl (C=O) groups is 1. The van der Waals surface area contributed by atoms with Crippen LogP contribution >= 0.6 is 0 Å². The van der Waals surface area contributed by atoms with Crippen molar-refractivity contribution in [1.29, 1.82) is 0 Å². The summed E-state index contributed by atoms with van der Waals surface area (Å²) in [4.78, 5) is 15.6. The highest BCUT2D eigenvalue weighted by molar-refractivity contribution is 6.64. The van der Waals surface area contributed by atoms with E-state index in [1.54, 1.807) is 20.5 Å². The highest BCUT2D eigenvalue weighted by Gasteiger charge is 2.64. The van der Waals surface area contributed by atoms with Crippen molar-refractivity contribution in [2.75, 3.05) is 52.9 Å². The van der Waals surface area contributed by atoms with Crippen LogP contribution in [-0.4, -0.2) is 94.7 Å². The van der Waals surface area contributed by atoms with Gasteiger partial charge in [0.15, 0.2) is 5.72 Å². The summed E-state index contributed by atoms with van der Waals surface area (Å²) in [5.41, 5.74) is 1.66. The lowest BCUT2D eigenvalue weighted by Crippen LogP contribution is -2.63. The van der Waals surface area contributed by atoms with E-state index in [4.69, 9.17) is 33.0 Å². The molecule has 4 fully saturated rings. The van der Waals surface area contributed by atoms with Gasteiger partial charge in [-0.2, -0.15) is 0 Å². The highest BCUT2D eigenvalue weighted by atomic mass is 16.7. The smallest absolute Gasteiger partial charge is 0.496 e. The Bertz CT molecular complexity index is 1250. The Hall–Kier alpha value is -2.31. The third-order valence-corrected chi connectivity index (χ3v) is 10.9. The number of benzene rings is 1. The minimum Gasteiger partial charge on any atom is -0.504 e. The number of anilines is 1. The predicted molar refractivity (Wildman–Crippen MR) is 162 cm³/mol. The van der Waals surface area contributed by atoms with Crippen LogP contribution in [0.2, 0.25) is 0 Å². The Morgan fingerprint density at radius 1 is 1.14 bits per heavy atom. The Balaban J connectivity index is 1.48. The number of esters is 1. The van der Waals surface area contributed by atoms with Gasteiger partial charge in [0.05, 0.1) is 75.6 Å². The molecule has 0 saturated carbocycles. The number of carbonyl (C=O) groups excluding carboxylic acids is 1. The van der Waals surface area contributed by atoms with E-state index in [0.29, 0.717) is 25.2 Å². The summed E-state index contributed by atoms with van der Waals surface area (Å²) in [7, 11) is 4.16. The van der Waals surface area contributed by atoms with Gasteiger partial charge in [-0.25, -0.2) is 4.79 Å². The van der Waals surface area contributed by atoms with Crippen molar-refractivity contribution in [2.45, 2.75) is 88.9 Å². The molecule has 6 atom stereocenters. The molecular weight excluding hydrogens is 551 g/mol. The first-order valence-corrected chi connectivity index (χ1v) is 15.7. The van der Waals surface area contributed by atoms with Gasteiger partial charge >= 0.3 is 13.1 Å². The highest BCUT2D eigenvalue weighted by Crippen LogP contribution is 2.57. The summed E-state index contributed by atoms with van der Waals surface area (Å²) in [5.74, 6) is 0.482. The molecule has 0 aromatic heterocycles. The molecule has 0 radical (unpaired) electrons. The molecule has 1 N–H and O–H groups in total. The van der Waals surface area contributed by atoms with Crippen molar-refractivity contribution in [3.05, 3.63) is 29.5 Å². The van der Waals surface area contributed by atoms with Crippen LogP contribution in [0.5, 0.6) is 5.75 Å². The molecule has 0 aliphatic carbocycles. The second-order valence-electron chi connectivity index (χ2n) is 13.5. The first-order valence-electron chi connectivity index (χ1n) is 15.7. The number of methoxy groups -OCH3 is 3. The Kier molecular flexibility index (Phi) is 8.03. The number of hydrogen-bond donors (Lipinski definition) is 1. The van der Waals surface area contributed by atoms with Crippen molar-refractivity contribution >= 4 is 24.2 Å². The molecule has 11 heteroatoms. The normalized spacial score (nSPS) is 34.7. The van der Waals surface area contributed by atoms with Crippen molar-refractivity contribution in [2.24, 2.45) is 11.8 Å². The van der Waals surface area contributed by atoms with Crippen LogP contribution in [0, 0.1) is 11.8 Å². The van der Waals surface area contributed by atoms with E-state index in [1.807, 2.05) is 12.1 Å². The van der Waals surface area contributed by atoms with Crippen LogP contribution < -0.4 is 15.5 Å². The molecule has 5 aliphatic rings. The Labute approximate surface area is 255 Å². The predicted octanol–water partition coefficient (Wildman–Crippen LogP) is 3.44. The van der Waals surface area contributed by atoms with Crippen LogP contribution in [0.3, 0.4) is 0 Å². The quantitative estimate of drug-likeness (QED) is 0.227. The topological polar surface area (TPSA) is 97.0 Å². The van der Waals surface area contributed by atoms with Gasteiger partial charge in [0.1, 0.15) is 5.75 Å². The third-order valence-electron chi connectivity index (χ3n) is 10.9. The zero-order chi connectivity index (χ0) is 30.7. The van der Waals surface area contributed by atoms with Crippen LogP contribution in [0.25, 0.3) is 0 Å². The molecule has 4 saturated heterocycles. The number of hydrogen-bond acceptors (Lipinski definition) is 10. The van der Waals surface area contributed by atoms with E-state index in [-0.39, 0.29) is 35.9 Å². The van der Waals surface area contributed by atoms with E-state index in [0.717, 1.165) is 48.4 Å². The molecule has 10 nitrogen and oxygen atoms in total. The standard InChI is InChI=1S/C32H47BN2O8/c1-9-19-17-35-13-12-24-27-26-23(38-7)11-10-22(33-42-30(2,3)31(4,5)43-33)28(26)34-32(27,41-15-14-40-24)25(35)16-20(19)21(18-37-6)29(36)39-8/h10-11,18-20,24-25,27,34H,9,12-17H2,1-8H3/b21-18+/t19-,20+,24-,25+,27?,32+/m1/s1. The monoisotopic (exact) mass is 598 g/mol. The Morgan fingerprint density at radius 2 is 1.88 bits per heavy atom. The molecule has 0 amide bonds. The van der Waals surface area contributed by atoms with Crippen LogP contribution in [0.1, 0.15) is 65.4 Å². The molecular formula is C32H47BN2O8. The van der Waals surface area contributed by atoms with Gasteiger partial charge < -0.3 is 38.3 Å². The summed E-state index contributed by atoms with van der Waals surface area (Å²) in [5, 5.41) is 3.95. The minimum atomic E-state index is -0.821. The fraction of sp³-hybridized carbons (Fsp3) is 0.719. The van der Waals surface area contributed by atoms with Crippen LogP contribution in [0.15, 0.2) is 24.0 Å². The molecule has 2 bridgehead atoms. The number of nitrogens with zero attached hydrogens (tertiary/aromatic N) is 1. The number of rotatable bonds is 6. The van der Waals surface area contributed by atoms with Gasteiger partial charge in [0, 0.05) is 29.8 Å². The van der Waals surface area contributed by atoms with Crippen molar-refractivity contribution in [1.82, 2.24) is 4.90 Å². The van der Waals surface area contributed by atoms with Crippen LogP contribution in [-0.2, 0) is 33.1 Å². The first kappa shape index (κ1) is 30.7. The van der Waals surface area contributed by atoms with Crippen LogP contribution in [0.4, 0.5) is 5.69 Å². The number of ether oxygens (including phenoxy) is 5. The minimum absolute atomic E-state index is 0.0621. The largest absolute Gasteiger partial charge is 0.504 e. The summed E-state index contributed by atoms with van der Waals surface area (Å²) >= 11 is 0. The molecule has 236 valence electrons. The SMILES string of the molecule is CC[C@@H]1CN2CC[C@H]3OCCO[C@@]4(Nc5c(B6OC(C)(C)C(C)(C)O6)ccc(OC)c5C34)[C@@H]2C[C@@H]1/C(=C\OC)C(=O)OC. The number of fused-ring (bicyclic) bond motifs is 2. The third kappa shape index (κ3) is 4.77. The zero-order valence-electron chi connectivity index (χ0n) is 26.9. The van der Waals surface area contributed by atoms with E-state index < -0.39 is 24.0 Å². The molecule has 5 heterocycles. The van der Waals surface area contributed by atoms with Gasteiger partial charge in [-0.15, -0.1) is 0 Å². The lowest BCUT2D eigenvalue weighted by atomic mass is 9.71. The molecule has 5 aliphatic heterocycles. The molecule has 43 heavy (non-hydrogen) atoms. The lowest BCUT2D eigenvalue weighted by Gasteiger charge is -2.51. The fourth-order valence-electron chi connectivity index (χ4n) is 8.08. The Morgan fingerprint density at radius 3 is 2.53 bits per heavy atom. The van der Waals surface area contributed by atoms with E-state index >= 15 is 0 Å². The summed E-state index contributed by atoms with van der Waals surface area (Å²) in [6.07, 6.45) is 3.96. The van der Waals surface area contributed by atoms with Gasteiger partial charge in [0.25, 0.3) is 0 Å². The van der Waals surface area contributed by atoms with Gasteiger partial charge in [0.2, 0.25) is 0 Å². The van der Waals surface area contributed by atoms with Crippen molar-refractivity contribution in [3.8, 4) is 5.75 Å². The maximum atomic E-state index is 13.0. The summed E-state index contributed by atoms with van der Waals surface area (Å²) < 4.78 is 43.3. The zero-order valence-corrected chi connectivity index (χ0v) is 26.9. The maximum Gasteiger partial charge on any atom is 0.496 e. The van der Waals surface area contributed by atoms with Crippen molar-refractivity contribution in [3.63, 3.8) is 0 Å². The molecule has 1 aromatic carbocycles. The van der Waals surface area contributed by atoms with E-state index in [2.05, 4.69) is 44.8 Å². The van der Waals surface area contributed by atoms with Gasteiger partial charge in [-0.1, -0.05) is 19.4 Å². The van der Waals surface area contributed by atoms with E-state index in [9.17, 15) is 4.79 Å².